The van der Waals surface area contributed by atoms with Crippen molar-refractivity contribution in [2.24, 2.45) is 0 Å². The number of carbonyl (C=O) groups excluding carboxylic acids is 1. The van der Waals surface area contributed by atoms with Crippen molar-refractivity contribution < 1.29 is 14.3 Å². The summed E-state index contributed by atoms with van der Waals surface area (Å²) in [6.45, 7) is 7.83. The Hall–Kier alpha value is -1.55. The molecule has 4 nitrogen and oxygen atoms in total. The average Bonchev–Trinajstić information content (AvgIpc) is 3.21. The van der Waals surface area contributed by atoms with E-state index in [0.29, 0.717) is 19.2 Å². The van der Waals surface area contributed by atoms with Crippen molar-refractivity contribution in [1.82, 2.24) is 4.90 Å². The summed E-state index contributed by atoms with van der Waals surface area (Å²) in [7, 11) is 0. The molecule has 4 heteroatoms. The molecule has 1 amide bonds. The second-order valence-electron chi connectivity index (χ2n) is 6.49. The summed E-state index contributed by atoms with van der Waals surface area (Å²) >= 11 is 0. The first-order chi connectivity index (χ1) is 9.94. The minimum atomic E-state index is -0.467. The molecule has 116 valence electrons. The third-order valence-corrected chi connectivity index (χ3v) is 3.22. The summed E-state index contributed by atoms with van der Waals surface area (Å²) in [5.74, 6) is 0. The molecular formula is C17H25NO3. The molecule has 0 bridgehead atoms. The first-order valence-corrected chi connectivity index (χ1v) is 7.57. The van der Waals surface area contributed by atoms with Crippen molar-refractivity contribution in [2.75, 3.05) is 13.2 Å². The largest absolute Gasteiger partial charge is 0.444 e. The molecule has 0 radical (unpaired) electrons. The molecule has 1 aliphatic heterocycles. The normalized spacial score (nSPS) is 17.4. The topological polar surface area (TPSA) is 42.1 Å². The fourth-order valence-corrected chi connectivity index (χ4v) is 2.11. The molecule has 0 aromatic heterocycles. The monoisotopic (exact) mass is 291 g/mol. The van der Waals surface area contributed by atoms with Crippen LogP contribution in [0.1, 0.15) is 39.2 Å². The van der Waals surface area contributed by atoms with Crippen molar-refractivity contribution >= 4 is 6.09 Å². The van der Waals surface area contributed by atoms with Crippen LogP contribution in [0, 0.1) is 0 Å². The number of hydrogen-bond donors (Lipinski definition) is 0. The van der Waals surface area contributed by atoms with Crippen molar-refractivity contribution in [1.29, 1.82) is 0 Å². The van der Waals surface area contributed by atoms with Crippen LogP contribution in [0.2, 0.25) is 0 Å². The molecule has 2 rings (SSSR count). The van der Waals surface area contributed by atoms with Crippen molar-refractivity contribution in [3.8, 4) is 0 Å². The molecule has 21 heavy (non-hydrogen) atoms. The fourth-order valence-electron chi connectivity index (χ4n) is 2.11. The van der Waals surface area contributed by atoms with Crippen LogP contribution in [-0.2, 0) is 16.0 Å². The van der Waals surface area contributed by atoms with Gasteiger partial charge in [-0.1, -0.05) is 30.3 Å². The van der Waals surface area contributed by atoms with Crippen LogP contribution in [0.5, 0.6) is 0 Å². The molecule has 0 spiro atoms. The smallest absolute Gasteiger partial charge is 0.410 e. The van der Waals surface area contributed by atoms with E-state index in [1.165, 1.54) is 0 Å². The maximum Gasteiger partial charge on any atom is 0.410 e. The van der Waals surface area contributed by atoms with Gasteiger partial charge in [-0.25, -0.2) is 4.79 Å². The lowest BCUT2D eigenvalue weighted by atomic mass is 10.2. The Labute approximate surface area is 127 Å². The van der Waals surface area contributed by atoms with Gasteiger partial charge in [0.15, 0.2) is 0 Å². The molecule has 0 N–H and O–H groups in total. The first kappa shape index (κ1) is 15.8. The van der Waals surface area contributed by atoms with Crippen LogP contribution < -0.4 is 0 Å². The van der Waals surface area contributed by atoms with Crippen LogP contribution in [0.4, 0.5) is 4.79 Å². The number of epoxide rings is 1. The van der Waals surface area contributed by atoms with Crippen LogP contribution in [0.3, 0.4) is 0 Å². The van der Waals surface area contributed by atoms with E-state index in [1.54, 1.807) is 4.90 Å². The first-order valence-electron chi connectivity index (χ1n) is 7.57. The van der Waals surface area contributed by atoms with Crippen LogP contribution in [-0.4, -0.2) is 35.8 Å². The maximum absolute atomic E-state index is 12.3. The van der Waals surface area contributed by atoms with Gasteiger partial charge in [0.05, 0.1) is 12.7 Å². The maximum atomic E-state index is 12.3. The third-order valence-electron chi connectivity index (χ3n) is 3.22. The number of benzene rings is 1. The molecule has 1 saturated heterocycles. The molecule has 1 unspecified atom stereocenters. The van der Waals surface area contributed by atoms with Gasteiger partial charge in [-0.05, 0) is 39.2 Å². The van der Waals surface area contributed by atoms with Gasteiger partial charge in [0, 0.05) is 13.1 Å². The van der Waals surface area contributed by atoms with Gasteiger partial charge in [-0.2, -0.15) is 0 Å². The molecule has 1 heterocycles. The zero-order valence-corrected chi connectivity index (χ0v) is 13.2. The minimum Gasteiger partial charge on any atom is -0.444 e. The molecule has 0 aliphatic carbocycles. The van der Waals surface area contributed by atoms with Crippen LogP contribution in [0.15, 0.2) is 30.3 Å². The third kappa shape index (κ3) is 6.17. The molecule has 1 aromatic rings. The van der Waals surface area contributed by atoms with Gasteiger partial charge < -0.3 is 14.4 Å². The van der Waals surface area contributed by atoms with E-state index in [4.69, 9.17) is 9.47 Å². The van der Waals surface area contributed by atoms with E-state index in [-0.39, 0.29) is 6.09 Å². The Morgan fingerprint density at radius 1 is 1.33 bits per heavy atom. The van der Waals surface area contributed by atoms with Crippen molar-refractivity contribution in [2.45, 2.75) is 51.9 Å². The highest BCUT2D eigenvalue weighted by Crippen LogP contribution is 2.18. The van der Waals surface area contributed by atoms with Gasteiger partial charge in [-0.3, -0.25) is 0 Å². The van der Waals surface area contributed by atoms with E-state index in [9.17, 15) is 4.79 Å². The number of amides is 1. The second kappa shape index (κ2) is 6.94. The van der Waals surface area contributed by atoms with E-state index in [1.807, 2.05) is 51.1 Å². The van der Waals surface area contributed by atoms with Gasteiger partial charge in [0.1, 0.15) is 5.60 Å². The van der Waals surface area contributed by atoms with Gasteiger partial charge in [0.2, 0.25) is 0 Å². The highest BCUT2D eigenvalue weighted by atomic mass is 16.6. The van der Waals surface area contributed by atoms with Crippen LogP contribution >= 0.6 is 0 Å². The summed E-state index contributed by atoms with van der Waals surface area (Å²) in [4.78, 5) is 14.1. The van der Waals surface area contributed by atoms with E-state index < -0.39 is 5.60 Å². The van der Waals surface area contributed by atoms with E-state index >= 15 is 0 Å². The lowest BCUT2D eigenvalue weighted by Crippen LogP contribution is -2.37. The quantitative estimate of drug-likeness (QED) is 0.752. The van der Waals surface area contributed by atoms with Crippen molar-refractivity contribution in [3.63, 3.8) is 0 Å². The number of hydrogen-bond acceptors (Lipinski definition) is 3. The zero-order chi connectivity index (χ0) is 15.3. The molecule has 1 fully saturated rings. The molecule has 1 aromatic carbocycles. The standard InChI is InChI=1S/C17H25NO3/c1-17(2,3)21-16(19)18(11-7-10-15-13-20-15)12-14-8-5-4-6-9-14/h4-6,8-9,15H,7,10-13H2,1-3H3. The van der Waals surface area contributed by atoms with Gasteiger partial charge in [0.25, 0.3) is 0 Å². The van der Waals surface area contributed by atoms with Crippen molar-refractivity contribution in [3.05, 3.63) is 35.9 Å². The van der Waals surface area contributed by atoms with E-state index in [0.717, 1.165) is 25.0 Å². The number of nitrogens with zero attached hydrogens (tertiary/aromatic N) is 1. The van der Waals surface area contributed by atoms with Crippen LogP contribution in [0.25, 0.3) is 0 Å². The minimum absolute atomic E-state index is 0.247. The summed E-state index contributed by atoms with van der Waals surface area (Å²) in [5, 5.41) is 0. The number of carbonyl (C=O) groups is 1. The van der Waals surface area contributed by atoms with E-state index in [2.05, 4.69) is 0 Å². The average molecular weight is 291 g/mol. The highest BCUT2D eigenvalue weighted by molar-refractivity contribution is 5.68. The SMILES string of the molecule is CC(C)(C)OC(=O)N(CCCC1CO1)Cc1ccccc1. The van der Waals surface area contributed by atoms with Gasteiger partial charge in [-0.15, -0.1) is 0 Å². The molecule has 1 atom stereocenters. The Kier molecular flexibility index (Phi) is 5.23. The Morgan fingerprint density at radius 2 is 2.00 bits per heavy atom. The second-order valence-corrected chi connectivity index (χ2v) is 6.49. The Bertz CT molecular complexity index is 449. The lowest BCUT2D eigenvalue weighted by molar-refractivity contribution is 0.0229. The Morgan fingerprint density at radius 3 is 2.57 bits per heavy atom. The van der Waals surface area contributed by atoms with Gasteiger partial charge >= 0.3 is 6.09 Å². The Balaban J connectivity index is 1.92. The summed E-state index contributed by atoms with van der Waals surface area (Å²) in [5.41, 5.74) is 0.650. The summed E-state index contributed by atoms with van der Waals surface area (Å²) < 4.78 is 10.7. The predicted octanol–water partition coefficient (Wildman–Crippen LogP) is 3.60. The summed E-state index contributed by atoms with van der Waals surface area (Å²) in [6.07, 6.45) is 2.11. The summed E-state index contributed by atoms with van der Waals surface area (Å²) in [6, 6.07) is 10.0. The zero-order valence-electron chi connectivity index (χ0n) is 13.2. The number of rotatable bonds is 6. The predicted molar refractivity (Wildman–Crippen MR) is 82.1 cm³/mol. The number of ether oxygens (including phenoxy) is 2. The molecule has 1 aliphatic rings. The highest BCUT2D eigenvalue weighted by Gasteiger charge is 2.25. The molecule has 0 saturated carbocycles. The molecular weight excluding hydrogens is 266 g/mol. The lowest BCUT2D eigenvalue weighted by Gasteiger charge is -2.27. The fraction of sp³-hybridized carbons (Fsp3) is 0.588.